The molecule has 76 valence electrons. The molecule has 0 unspecified atom stereocenters. The van der Waals surface area contributed by atoms with Crippen LogP contribution in [0, 0.1) is 6.92 Å². The van der Waals surface area contributed by atoms with Crippen LogP contribution in [-0.2, 0) is 0 Å². The van der Waals surface area contributed by atoms with Crippen LogP contribution in [0.25, 0.3) is 0 Å². The molecule has 0 aliphatic carbocycles. The Balaban J connectivity index is 2.14. The lowest BCUT2D eigenvalue weighted by Crippen LogP contribution is -1.78. The number of nitrogens with zero attached hydrogens (tertiary/aromatic N) is 2. The maximum Gasteiger partial charge on any atom is 0.281 e. The minimum Gasteiger partial charge on any atom is -0.416 e. The summed E-state index contributed by atoms with van der Waals surface area (Å²) in [4.78, 5) is 11.4. The molecule has 0 atom stereocenters. The van der Waals surface area contributed by atoms with Gasteiger partial charge in [-0.2, -0.15) is 0 Å². The van der Waals surface area contributed by atoms with Crippen LogP contribution < -0.4 is 0 Å². The summed E-state index contributed by atoms with van der Waals surface area (Å²) in [5.74, 6) is 0.544. The van der Waals surface area contributed by atoms with Gasteiger partial charge in [-0.25, -0.2) is 0 Å². The number of carbonyl (C=O) groups excluding carboxylic acids is 1. The first kappa shape index (κ1) is 9.92. The van der Waals surface area contributed by atoms with Gasteiger partial charge in [-0.15, -0.1) is 10.2 Å². The summed E-state index contributed by atoms with van der Waals surface area (Å²) in [6.07, 6.45) is 0.811. The highest BCUT2D eigenvalue weighted by Crippen LogP contribution is 2.26. The zero-order valence-electron chi connectivity index (χ0n) is 8.01. The number of aryl methyl sites for hydroxylation is 1. The number of aromatic nitrogens is 2. The minimum atomic E-state index is 0.506. The highest BCUT2D eigenvalue weighted by molar-refractivity contribution is 7.99. The van der Waals surface area contributed by atoms with E-state index in [1.165, 1.54) is 11.8 Å². The summed E-state index contributed by atoms with van der Waals surface area (Å²) in [6, 6.07) is 7.18. The first-order valence-corrected chi connectivity index (χ1v) is 5.13. The zero-order valence-corrected chi connectivity index (χ0v) is 8.82. The third kappa shape index (κ3) is 2.44. The molecular weight excluding hydrogens is 212 g/mol. The van der Waals surface area contributed by atoms with Crippen LogP contribution in [0.15, 0.2) is 38.8 Å². The zero-order chi connectivity index (χ0) is 10.7. The lowest BCUT2D eigenvalue weighted by molar-refractivity contribution is 0.112. The molecule has 0 bridgehead atoms. The van der Waals surface area contributed by atoms with Crippen molar-refractivity contribution in [2.45, 2.75) is 17.0 Å². The maximum absolute atomic E-state index is 10.4. The Hall–Kier alpha value is -1.62. The van der Waals surface area contributed by atoms with E-state index in [4.69, 9.17) is 4.42 Å². The molecule has 1 aromatic carbocycles. The lowest BCUT2D eigenvalue weighted by Gasteiger charge is -1.95. The molecule has 0 fully saturated rings. The van der Waals surface area contributed by atoms with Gasteiger partial charge in [0.1, 0.15) is 6.29 Å². The van der Waals surface area contributed by atoms with Crippen molar-refractivity contribution in [1.82, 2.24) is 10.2 Å². The number of benzene rings is 1. The highest BCUT2D eigenvalue weighted by Gasteiger charge is 2.04. The quantitative estimate of drug-likeness (QED) is 0.743. The van der Waals surface area contributed by atoms with E-state index in [2.05, 4.69) is 10.2 Å². The number of hydrogen-bond donors (Lipinski definition) is 0. The molecule has 5 heteroatoms. The van der Waals surface area contributed by atoms with E-state index in [0.717, 1.165) is 11.2 Å². The maximum atomic E-state index is 10.4. The van der Waals surface area contributed by atoms with Gasteiger partial charge in [0.15, 0.2) is 0 Å². The Morgan fingerprint density at radius 1 is 1.27 bits per heavy atom. The van der Waals surface area contributed by atoms with Crippen molar-refractivity contribution in [2.24, 2.45) is 0 Å². The normalized spacial score (nSPS) is 10.2. The van der Waals surface area contributed by atoms with Gasteiger partial charge in [0.2, 0.25) is 5.89 Å². The van der Waals surface area contributed by atoms with E-state index in [9.17, 15) is 4.79 Å². The largest absolute Gasteiger partial charge is 0.416 e. The van der Waals surface area contributed by atoms with Gasteiger partial charge in [0, 0.05) is 17.4 Å². The van der Waals surface area contributed by atoms with Crippen LogP contribution in [0.5, 0.6) is 0 Å². The summed E-state index contributed by atoms with van der Waals surface area (Å²) in [7, 11) is 0. The minimum absolute atomic E-state index is 0.506. The molecule has 0 saturated heterocycles. The summed E-state index contributed by atoms with van der Waals surface area (Å²) in [5.41, 5.74) is 0.654. The standard InChI is InChI=1S/C10H8N2O2S/c1-7-11-12-10(14-7)15-9-4-2-8(6-13)3-5-9/h2-6H,1H3. The smallest absolute Gasteiger partial charge is 0.281 e. The fourth-order valence-electron chi connectivity index (χ4n) is 1.03. The molecule has 1 aromatic heterocycles. The molecule has 2 rings (SSSR count). The SMILES string of the molecule is Cc1nnc(Sc2ccc(C=O)cc2)o1. The van der Waals surface area contributed by atoms with Gasteiger partial charge < -0.3 is 4.42 Å². The predicted octanol–water partition coefficient (Wildman–Crippen LogP) is 2.34. The number of aldehydes is 1. The molecule has 0 aliphatic heterocycles. The van der Waals surface area contributed by atoms with Gasteiger partial charge >= 0.3 is 0 Å². The molecule has 15 heavy (non-hydrogen) atoms. The second-order valence-electron chi connectivity index (χ2n) is 2.88. The number of rotatable bonds is 3. The van der Waals surface area contributed by atoms with E-state index in [0.29, 0.717) is 16.7 Å². The molecule has 0 spiro atoms. The van der Waals surface area contributed by atoms with Gasteiger partial charge in [0.25, 0.3) is 5.22 Å². The fourth-order valence-corrected chi connectivity index (χ4v) is 1.75. The number of hydrogen-bond acceptors (Lipinski definition) is 5. The Kier molecular flexibility index (Phi) is 2.82. The van der Waals surface area contributed by atoms with E-state index >= 15 is 0 Å². The van der Waals surface area contributed by atoms with Gasteiger partial charge in [-0.3, -0.25) is 4.79 Å². The predicted molar refractivity (Wildman–Crippen MR) is 55.0 cm³/mol. The molecule has 0 aliphatic rings. The van der Waals surface area contributed by atoms with Gasteiger partial charge in [-0.1, -0.05) is 12.1 Å². The third-order valence-corrected chi connectivity index (χ3v) is 2.58. The van der Waals surface area contributed by atoms with E-state index < -0.39 is 0 Å². The Morgan fingerprint density at radius 3 is 2.53 bits per heavy atom. The third-order valence-electron chi connectivity index (χ3n) is 1.73. The summed E-state index contributed by atoms with van der Waals surface area (Å²) in [6.45, 7) is 1.74. The van der Waals surface area contributed by atoms with E-state index in [1.54, 1.807) is 19.1 Å². The first-order chi connectivity index (χ1) is 7.28. The molecule has 0 saturated carbocycles. The van der Waals surface area contributed by atoms with Crippen LogP contribution in [0.1, 0.15) is 16.2 Å². The molecule has 4 nitrogen and oxygen atoms in total. The summed E-state index contributed by atoms with van der Waals surface area (Å²) >= 11 is 1.37. The first-order valence-electron chi connectivity index (χ1n) is 4.31. The molecule has 0 amide bonds. The fraction of sp³-hybridized carbons (Fsp3) is 0.100. The van der Waals surface area contributed by atoms with Crippen LogP contribution in [-0.4, -0.2) is 16.5 Å². The topological polar surface area (TPSA) is 56.0 Å². The van der Waals surface area contributed by atoms with Crippen molar-refractivity contribution in [3.8, 4) is 0 Å². The molecule has 1 heterocycles. The van der Waals surface area contributed by atoms with Crippen molar-refractivity contribution in [3.63, 3.8) is 0 Å². The lowest BCUT2D eigenvalue weighted by atomic mass is 10.2. The molecule has 0 radical (unpaired) electrons. The highest BCUT2D eigenvalue weighted by atomic mass is 32.2. The molecule has 0 N–H and O–H groups in total. The summed E-state index contributed by atoms with van der Waals surface area (Å²) < 4.78 is 5.22. The Bertz CT molecular complexity index is 465. The van der Waals surface area contributed by atoms with Crippen LogP contribution >= 0.6 is 11.8 Å². The van der Waals surface area contributed by atoms with E-state index in [1.807, 2.05) is 12.1 Å². The van der Waals surface area contributed by atoms with Crippen molar-refractivity contribution < 1.29 is 9.21 Å². The van der Waals surface area contributed by atoms with Gasteiger partial charge in [0.05, 0.1) is 0 Å². The van der Waals surface area contributed by atoms with Crippen LogP contribution in [0.2, 0.25) is 0 Å². The van der Waals surface area contributed by atoms with Gasteiger partial charge in [-0.05, 0) is 23.9 Å². The van der Waals surface area contributed by atoms with Crippen molar-refractivity contribution in [1.29, 1.82) is 0 Å². The average Bonchev–Trinajstić information content (AvgIpc) is 2.65. The van der Waals surface area contributed by atoms with Crippen molar-refractivity contribution >= 4 is 18.0 Å². The molecular formula is C10H8N2O2S. The van der Waals surface area contributed by atoms with E-state index in [-0.39, 0.29) is 0 Å². The molecule has 2 aromatic rings. The monoisotopic (exact) mass is 220 g/mol. The average molecular weight is 220 g/mol. The Labute approximate surface area is 90.7 Å². The van der Waals surface area contributed by atoms with Crippen molar-refractivity contribution in [2.75, 3.05) is 0 Å². The van der Waals surface area contributed by atoms with Crippen LogP contribution in [0.4, 0.5) is 0 Å². The second kappa shape index (κ2) is 4.27. The van der Waals surface area contributed by atoms with Crippen LogP contribution in [0.3, 0.4) is 0 Å². The second-order valence-corrected chi connectivity index (χ2v) is 3.90. The number of carbonyl (C=O) groups is 1. The summed E-state index contributed by atoms with van der Waals surface area (Å²) in [5, 5.41) is 8.09. The van der Waals surface area contributed by atoms with Crippen molar-refractivity contribution in [3.05, 3.63) is 35.7 Å². The Morgan fingerprint density at radius 2 is 2.00 bits per heavy atom.